The van der Waals surface area contributed by atoms with Gasteiger partial charge in [0.15, 0.2) is 0 Å². The summed E-state index contributed by atoms with van der Waals surface area (Å²) in [7, 11) is -2.04. The van der Waals surface area contributed by atoms with Crippen LogP contribution in [0.2, 0.25) is 0 Å². The van der Waals surface area contributed by atoms with E-state index in [9.17, 15) is 8.42 Å². The maximum Gasteiger partial charge on any atom is 0.240 e. The number of methoxy groups -OCH3 is 1. The zero-order valence-corrected chi connectivity index (χ0v) is 12.6. The summed E-state index contributed by atoms with van der Waals surface area (Å²) in [5.74, 6) is 5.20. The van der Waals surface area contributed by atoms with Crippen molar-refractivity contribution in [2.75, 3.05) is 20.3 Å². The predicted molar refractivity (Wildman–Crippen MR) is 76.7 cm³/mol. The van der Waals surface area contributed by atoms with Crippen LogP contribution in [0.15, 0.2) is 29.2 Å². The van der Waals surface area contributed by atoms with Crippen molar-refractivity contribution in [2.45, 2.75) is 24.3 Å². The monoisotopic (exact) mass is 297 g/mol. The number of nitrogens with one attached hydrogen (secondary N) is 1. The molecule has 0 radical (unpaired) electrons. The van der Waals surface area contributed by atoms with Crippen LogP contribution in [-0.4, -0.2) is 39.4 Å². The fourth-order valence-corrected chi connectivity index (χ4v) is 2.48. The molecule has 2 N–H and O–H groups in total. The van der Waals surface area contributed by atoms with E-state index >= 15 is 0 Å². The highest BCUT2D eigenvalue weighted by Crippen LogP contribution is 2.12. The van der Waals surface area contributed by atoms with Gasteiger partial charge in [-0.25, -0.2) is 13.1 Å². The molecule has 110 valence electrons. The Morgan fingerprint density at radius 1 is 1.30 bits per heavy atom. The second-order valence-corrected chi connectivity index (χ2v) is 6.54. The molecule has 0 amide bonds. The van der Waals surface area contributed by atoms with E-state index in [0.29, 0.717) is 5.56 Å². The van der Waals surface area contributed by atoms with Crippen molar-refractivity contribution < 1.29 is 18.3 Å². The van der Waals surface area contributed by atoms with E-state index in [0.717, 1.165) is 0 Å². The lowest BCUT2D eigenvalue weighted by molar-refractivity contribution is 0.0276. The van der Waals surface area contributed by atoms with Gasteiger partial charge in [-0.05, 0) is 38.1 Å². The third-order valence-electron chi connectivity index (χ3n) is 2.72. The quantitative estimate of drug-likeness (QED) is 0.786. The normalized spacial score (nSPS) is 11.8. The zero-order valence-electron chi connectivity index (χ0n) is 11.8. The smallest absolute Gasteiger partial charge is 0.240 e. The third-order valence-corrected chi connectivity index (χ3v) is 4.13. The summed E-state index contributed by atoms with van der Waals surface area (Å²) >= 11 is 0. The lowest BCUT2D eigenvalue weighted by Gasteiger charge is -2.23. The fourth-order valence-electron chi connectivity index (χ4n) is 1.28. The number of aliphatic hydroxyl groups excluding tert-OH is 1. The van der Waals surface area contributed by atoms with Crippen LogP contribution in [0.4, 0.5) is 0 Å². The van der Waals surface area contributed by atoms with Crippen molar-refractivity contribution in [2.24, 2.45) is 0 Å². The highest BCUT2D eigenvalue weighted by Gasteiger charge is 2.21. The molecule has 0 spiro atoms. The van der Waals surface area contributed by atoms with E-state index in [1.54, 1.807) is 26.0 Å². The Morgan fingerprint density at radius 3 is 2.40 bits per heavy atom. The van der Waals surface area contributed by atoms with Crippen LogP contribution in [0.5, 0.6) is 0 Å². The van der Waals surface area contributed by atoms with Crippen LogP contribution in [0.1, 0.15) is 19.4 Å². The van der Waals surface area contributed by atoms with Gasteiger partial charge in [-0.2, -0.15) is 0 Å². The fraction of sp³-hybridized carbons (Fsp3) is 0.429. The van der Waals surface area contributed by atoms with Gasteiger partial charge in [-0.15, -0.1) is 0 Å². The molecule has 0 aliphatic carbocycles. The average Bonchev–Trinajstić information content (AvgIpc) is 2.44. The van der Waals surface area contributed by atoms with E-state index in [1.165, 1.54) is 19.2 Å². The molecule has 1 rings (SSSR count). The number of sulfonamides is 1. The highest BCUT2D eigenvalue weighted by atomic mass is 32.2. The molecule has 0 bridgehead atoms. The van der Waals surface area contributed by atoms with Crippen molar-refractivity contribution >= 4 is 10.0 Å². The second kappa shape index (κ2) is 6.86. The van der Waals surface area contributed by atoms with E-state index in [4.69, 9.17) is 9.84 Å². The molecule has 0 aliphatic heterocycles. The SMILES string of the molecule is COC(C)(C)CNS(=O)(=O)c1ccc(C#CCO)cc1. The molecule has 1 aromatic carbocycles. The van der Waals surface area contributed by atoms with E-state index in [2.05, 4.69) is 16.6 Å². The van der Waals surface area contributed by atoms with E-state index in [1.807, 2.05) is 0 Å². The number of hydrogen-bond donors (Lipinski definition) is 2. The topological polar surface area (TPSA) is 75.6 Å². The average molecular weight is 297 g/mol. The molecule has 0 aliphatic rings. The molecular weight excluding hydrogens is 278 g/mol. The summed E-state index contributed by atoms with van der Waals surface area (Å²) in [5.41, 5.74) is 0.0785. The number of benzene rings is 1. The van der Waals surface area contributed by atoms with Crippen LogP contribution in [0.3, 0.4) is 0 Å². The molecular formula is C14H19NO4S. The predicted octanol–water partition coefficient (Wildman–Crippen LogP) is 0.734. The van der Waals surface area contributed by atoms with Gasteiger partial charge in [0.1, 0.15) is 6.61 Å². The summed E-state index contributed by atoms with van der Waals surface area (Å²) in [6, 6.07) is 6.14. The van der Waals surface area contributed by atoms with Crippen LogP contribution < -0.4 is 4.72 Å². The summed E-state index contributed by atoms with van der Waals surface area (Å²) in [6.07, 6.45) is 0. The van der Waals surface area contributed by atoms with Gasteiger partial charge in [-0.3, -0.25) is 0 Å². The molecule has 0 aromatic heterocycles. The number of ether oxygens (including phenoxy) is 1. The molecule has 0 saturated heterocycles. The lowest BCUT2D eigenvalue weighted by Crippen LogP contribution is -2.39. The van der Waals surface area contributed by atoms with Gasteiger partial charge < -0.3 is 9.84 Å². The summed E-state index contributed by atoms with van der Waals surface area (Å²) in [5, 5.41) is 8.59. The number of aliphatic hydroxyl groups is 1. The minimum atomic E-state index is -3.57. The van der Waals surface area contributed by atoms with Crippen molar-refractivity contribution in [1.29, 1.82) is 0 Å². The molecule has 20 heavy (non-hydrogen) atoms. The minimum absolute atomic E-state index is 0.166. The molecule has 6 heteroatoms. The molecule has 0 unspecified atom stereocenters. The number of rotatable bonds is 5. The zero-order chi connectivity index (χ0) is 15.2. The Bertz CT molecular complexity index is 594. The molecule has 1 aromatic rings. The molecule has 0 heterocycles. The maximum absolute atomic E-state index is 12.1. The van der Waals surface area contributed by atoms with Gasteiger partial charge in [-0.1, -0.05) is 11.8 Å². The van der Waals surface area contributed by atoms with Gasteiger partial charge >= 0.3 is 0 Å². The first-order valence-corrected chi connectivity index (χ1v) is 7.54. The van der Waals surface area contributed by atoms with Gasteiger partial charge in [0, 0.05) is 19.2 Å². The first-order valence-electron chi connectivity index (χ1n) is 6.05. The molecule has 0 fully saturated rings. The van der Waals surface area contributed by atoms with Gasteiger partial charge in [0.05, 0.1) is 10.5 Å². The van der Waals surface area contributed by atoms with Crippen LogP contribution in [0, 0.1) is 11.8 Å². The first kappa shape index (κ1) is 16.7. The Balaban J connectivity index is 2.83. The summed E-state index contributed by atoms with van der Waals surface area (Å²) < 4.78 is 31.8. The maximum atomic E-state index is 12.1. The van der Waals surface area contributed by atoms with Crippen LogP contribution >= 0.6 is 0 Å². The van der Waals surface area contributed by atoms with Gasteiger partial charge in [0.2, 0.25) is 10.0 Å². The molecule has 5 nitrogen and oxygen atoms in total. The van der Waals surface area contributed by atoms with Crippen molar-refractivity contribution in [3.8, 4) is 11.8 Å². The van der Waals surface area contributed by atoms with E-state index in [-0.39, 0.29) is 18.0 Å². The Labute approximate surface area is 120 Å². The molecule has 0 atom stereocenters. The second-order valence-electron chi connectivity index (χ2n) is 4.77. The van der Waals surface area contributed by atoms with Crippen molar-refractivity contribution in [3.05, 3.63) is 29.8 Å². The largest absolute Gasteiger partial charge is 0.384 e. The Morgan fingerprint density at radius 2 is 1.90 bits per heavy atom. The van der Waals surface area contributed by atoms with Crippen molar-refractivity contribution in [1.82, 2.24) is 4.72 Å². The summed E-state index contributed by atoms with van der Waals surface area (Å²) in [4.78, 5) is 0.166. The summed E-state index contributed by atoms with van der Waals surface area (Å²) in [6.45, 7) is 3.54. The minimum Gasteiger partial charge on any atom is -0.384 e. The molecule has 0 saturated carbocycles. The highest BCUT2D eigenvalue weighted by molar-refractivity contribution is 7.89. The number of hydrogen-bond acceptors (Lipinski definition) is 4. The van der Waals surface area contributed by atoms with Crippen LogP contribution in [0.25, 0.3) is 0 Å². The third kappa shape index (κ3) is 4.94. The first-order chi connectivity index (χ1) is 9.30. The standard InChI is InChI=1S/C14H19NO4S/c1-14(2,19-3)11-15-20(17,18)13-8-6-12(7-9-13)5-4-10-16/h6-9,15-16H,10-11H2,1-3H3. The Kier molecular flexibility index (Phi) is 5.72. The Hall–Kier alpha value is -1.39. The van der Waals surface area contributed by atoms with E-state index < -0.39 is 15.6 Å². The van der Waals surface area contributed by atoms with Crippen molar-refractivity contribution in [3.63, 3.8) is 0 Å². The lowest BCUT2D eigenvalue weighted by atomic mass is 10.1. The van der Waals surface area contributed by atoms with Crippen LogP contribution in [-0.2, 0) is 14.8 Å². The van der Waals surface area contributed by atoms with Gasteiger partial charge in [0.25, 0.3) is 0 Å².